The van der Waals surface area contributed by atoms with Crippen molar-refractivity contribution in [2.45, 2.75) is 46.1 Å². The van der Waals surface area contributed by atoms with Crippen molar-refractivity contribution in [2.24, 2.45) is 0 Å². The second-order valence-corrected chi connectivity index (χ2v) is 8.29. The van der Waals surface area contributed by atoms with E-state index >= 15 is 0 Å². The van der Waals surface area contributed by atoms with Crippen molar-refractivity contribution in [3.05, 3.63) is 31.6 Å². The molecule has 9 heteroatoms. The summed E-state index contributed by atoms with van der Waals surface area (Å²) in [4.78, 5) is 31.4. The quantitative estimate of drug-likeness (QED) is 0.744. The van der Waals surface area contributed by atoms with Gasteiger partial charge in [-0.05, 0) is 32.3 Å². The number of hydrogen-bond donors (Lipinski definition) is 1. The van der Waals surface area contributed by atoms with Crippen molar-refractivity contribution in [3.63, 3.8) is 0 Å². The molecule has 130 valence electrons. The molecule has 0 spiro atoms. The molecule has 0 saturated carbocycles. The molecule has 1 aliphatic heterocycles. The molecule has 0 bridgehead atoms. The molecule has 0 atom stereocenters. The van der Waals surface area contributed by atoms with Crippen molar-refractivity contribution < 1.29 is 4.79 Å². The molecule has 0 radical (unpaired) electrons. The number of thiophene rings is 1. The Morgan fingerprint density at radius 1 is 1.16 bits per heavy atom. The Kier molecular flexibility index (Phi) is 4.12. The zero-order chi connectivity index (χ0) is 17.6. The third kappa shape index (κ3) is 2.87. The van der Waals surface area contributed by atoms with Crippen molar-refractivity contribution in [2.75, 3.05) is 5.32 Å². The number of amides is 1. The van der Waals surface area contributed by atoms with Gasteiger partial charge in [0.25, 0.3) is 11.5 Å². The van der Waals surface area contributed by atoms with Crippen LogP contribution in [0.5, 0.6) is 0 Å². The van der Waals surface area contributed by atoms with Gasteiger partial charge in [0.15, 0.2) is 0 Å². The van der Waals surface area contributed by atoms with Gasteiger partial charge >= 0.3 is 0 Å². The van der Waals surface area contributed by atoms with E-state index in [4.69, 9.17) is 0 Å². The smallest absolute Gasteiger partial charge is 0.267 e. The molecular weight excluding hydrogens is 358 g/mol. The van der Waals surface area contributed by atoms with Crippen molar-refractivity contribution in [1.82, 2.24) is 19.7 Å². The van der Waals surface area contributed by atoms with E-state index in [-0.39, 0.29) is 11.5 Å². The summed E-state index contributed by atoms with van der Waals surface area (Å²) >= 11 is 2.59. The Hall–Kier alpha value is -2.13. The van der Waals surface area contributed by atoms with Crippen LogP contribution in [0.3, 0.4) is 0 Å². The maximum Gasteiger partial charge on any atom is 0.267 e. The number of fused-ring (bicyclic) bond motifs is 2. The molecule has 4 rings (SSSR count). The molecule has 1 aliphatic rings. The second-order valence-electron chi connectivity index (χ2n) is 6.11. The van der Waals surface area contributed by atoms with Crippen molar-refractivity contribution in [1.29, 1.82) is 0 Å². The van der Waals surface area contributed by atoms with E-state index in [0.717, 1.165) is 36.5 Å². The molecule has 1 N–H and O–H groups in total. The lowest BCUT2D eigenvalue weighted by molar-refractivity contribution is 0.103. The van der Waals surface area contributed by atoms with Crippen LogP contribution in [0, 0.1) is 13.8 Å². The van der Waals surface area contributed by atoms with Gasteiger partial charge in [0.2, 0.25) is 5.13 Å². The molecule has 25 heavy (non-hydrogen) atoms. The summed E-state index contributed by atoms with van der Waals surface area (Å²) in [6.07, 6.45) is 3.97. The average molecular weight is 375 g/mol. The third-order valence-corrected chi connectivity index (χ3v) is 6.30. The first-order chi connectivity index (χ1) is 12.0. The SMILES string of the molecule is Cc1nnc(NC(=O)c2sc3nc4n(c(=O)c3c2C)CCCCC4)s1. The summed E-state index contributed by atoms with van der Waals surface area (Å²) in [6.45, 7) is 4.35. The molecular formula is C16H17N5O2S2. The third-order valence-electron chi connectivity index (χ3n) is 4.36. The van der Waals surface area contributed by atoms with E-state index < -0.39 is 0 Å². The molecule has 3 aromatic rings. The molecule has 7 nitrogen and oxygen atoms in total. The van der Waals surface area contributed by atoms with Crippen LogP contribution in [0.2, 0.25) is 0 Å². The lowest BCUT2D eigenvalue weighted by atomic mass is 10.2. The van der Waals surface area contributed by atoms with Gasteiger partial charge in [-0.1, -0.05) is 17.8 Å². The first-order valence-electron chi connectivity index (χ1n) is 8.19. The van der Waals surface area contributed by atoms with Crippen LogP contribution >= 0.6 is 22.7 Å². The number of carbonyl (C=O) groups is 1. The molecule has 0 fully saturated rings. The first-order valence-corrected chi connectivity index (χ1v) is 9.82. The van der Waals surface area contributed by atoms with Crippen LogP contribution in [0.25, 0.3) is 10.2 Å². The number of hydrogen-bond acceptors (Lipinski definition) is 7. The van der Waals surface area contributed by atoms with Gasteiger partial charge in [-0.25, -0.2) is 4.98 Å². The number of aryl methyl sites for hydroxylation is 3. The Labute approximate surface area is 151 Å². The zero-order valence-corrected chi connectivity index (χ0v) is 15.6. The number of rotatable bonds is 2. The summed E-state index contributed by atoms with van der Waals surface area (Å²) < 4.78 is 1.78. The van der Waals surface area contributed by atoms with Crippen LogP contribution in [-0.4, -0.2) is 25.7 Å². The predicted octanol–water partition coefficient (Wildman–Crippen LogP) is 2.91. The second kappa shape index (κ2) is 6.30. The summed E-state index contributed by atoms with van der Waals surface area (Å²) in [5, 5.41) is 12.4. The molecule has 0 unspecified atom stereocenters. The van der Waals surface area contributed by atoms with Crippen molar-refractivity contribution in [3.8, 4) is 0 Å². The standard InChI is InChI=1S/C16H17N5O2S2/c1-8-11-14(17-10-6-4-3-5-7-21(10)15(11)23)25-12(8)13(22)18-16-20-19-9(2)24-16/h3-7H2,1-2H3,(H,18,20,22). The van der Waals surface area contributed by atoms with E-state index in [1.807, 2.05) is 13.8 Å². The van der Waals surface area contributed by atoms with Crippen LogP contribution in [0.4, 0.5) is 5.13 Å². The number of nitrogens with one attached hydrogen (secondary N) is 1. The number of aromatic nitrogens is 4. The molecule has 4 heterocycles. The van der Waals surface area contributed by atoms with Crippen LogP contribution < -0.4 is 10.9 Å². The Balaban J connectivity index is 1.78. The fourth-order valence-electron chi connectivity index (χ4n) is 3.13. The summed E-state index contributed by atoms with van der Waals surface area (Å²) in [6, 6.07) is 0. The highest BCUT2D eigenvalue weighted by atomic mass is 32.1. The highest BCUT2D eigenvalue weighted by molar-refractivity contribution is 7.21. The largest absolute Gasteiger partial charge is 0.296 e. The van der Waals surface area contributed by atoms with Crippen LogP contribution in [0.15, 0.2) is 4.79 Å². The van der Waals surface area contributed by atoms with Gasteiger partial charge in [-0.3, -0.25) is 19.5 Å². The molecule has 0 aromatic carbocycles. The maximum atomic E-state index is 12.9. The highest BCUT2D eigenvalue weighted by Crippen LogP contribution is 2.29. The first kappa shape index (κ1) is 16.3. The van der Waals surface area contributed by atoms with E-state index in [0.29, 0.717) is 32.3 Å². The van der Waals surface area contributed by atoms with Gasteiger partial charge in [0.05, 0.1) is 10.3 Å². The van der Waals surface area contributed by atoms with Gasteiger partial charge < -0.3 is 0 Å². The molecule has 0 saturated heterocycles. The van der Waals surface area contributed by atoms with Crippen molar-refractivity contribution >= 4 is 43.9 Å². The highest BCUT2D eigenvalue weighted by Gasteiger charge is 2.22. The predicted molar refractivity (Wildman–Crippen MR) is 98.8 cm³/mol. The minimum Gasteiger partial charge on any atom is -0.296 e. The Morgan fingerprint density at radius 3 is 2.76 bits per heavy atom. The van der Waals surface area contributed by atoms with E-state index in [2.05, 4.69) is 20.5 Å². The number of nitrogens with zero attached hydrogens (tertiary/aromatic N) is 4. The van der Waals surface area contributed by atoms with Gasteiger partial charge in [0.1, 0.15) is 15.7 Å². The average Bonchev–Trinajstić information content (AvgIpc) is 3.02. The van der Waals surface area contributed by atoms with Crippen LogP contribution in [0.1, 0.15) is 45.3 Å². The Bertz CT molecular complexity index is 1030. The minimum absolute atomic E-state index is 0.0264. The fraction of sp³-hybridized carbons (Fsp3) is 0.438. The molecule has 1 amide bonds. The normalized spacial score (nSPS) is 14.3. The summed E-state index contributed by atoms with van der Waals surface area (Å²) in [5.41, 5.74) is 0.664. The summed E-state index contributed by atoms with van der Waals surface area (Å²) in [5.74, 6) is 0.569. The fourth-order valence-corrected chi connectivity index (χ4v) is 4.80. The van der Waals surface area contributed by atoms with Gasteiger partial charge in [0, 0.05) is 13.0 Å². The van der Waals surface area contributed by atoms with E-state index in [9.17, 15) is 9.59 Å². The Morgan fingerprint density at radius 2 is 2.00 bits per heavy atom. The summed E-state index contributed by atoms with van der Waals surface area (Å²) in [7, 11) is 0. The lowest BCUT2D eigenvalue weighted by Gasteiger charge is -2.08. The molecule has 3 aromatic heterocycles. The van der Waals surface area contributed by atoms with Gasteiger partial charge in [-0.15, -0.1) is 21.5 Å². The maximum absolute atomic E-state index is 12.9. The zero-order valence-electron chi connectivity index (χ0n) is 14.0. The number of carbonyl (C=O) groups excluding carboxylic acids is 1. The topological polar surface area (TPSA) is 89.8 Å². The molecule has 0 aliphatic carbocycles. The van der Waals surface area contributed by atoms with E-state index in [1.165, 1.54) is 22.7 Å². The van der Waals surface area contributed by atoms with E-state index in [1.54, 1.807) is 4.57 Å². The monoisotopic (exact) mass is 375 g/mol. The lowest BCUT2D eigenvalue weighted by Crippen LogP contribution is -2.24. The van der Waals surface area contributed by atoms with Gasteiger partial charge in [-0.2, -0.15) is 0 Å². The van der Waals surface area contributed by atoms with Crippen LogP contribution in [-0.2, 0) is 13.0 Å². The number of anilines is 1. The minimum atomic E-state index is -0.267.